The third-order valence-corrected chi connectivity index (χ3v) is 14.6. The van der Waals surface area contributed by atoms with Crippen LogP contribution in [0.15, 0.2) is 217 Å². The molecular weight excluding hydrogens is 787 g/mol. The summed E-state index contributed by atoms with van der Waals surface area (Å²) in [6, 6.07) is 78.7. The van der Waals surface area contributed by atoms with E-state index in [9.17, 15) is 0 Å². The number of nitrogens with zero attached hydrogens (tertiary/aromatic N) is 1. The van der Waals surface area contributed by atoms with Crippen molar-refractivity contribution in [3.63, 3.8) is 0 Å². The molecule has 1 aromatic heterocycles. The fourth-order valence-corrected chi connectivity index (χ4v) is 11.5. The van der Waals surface area contributed by atoms with Gasteiger partial charge in [-0.15, -0.1) is 0 Å². The summed E-state index contributed by atoms with van der Waals surface area (Å²) in [4.78, 5) is 2.49. The van der Waals surface area contributed by atoms with E-state index in [0.29, 0.717) is 0 Å². The Kier molecular flexibility index (Phi) is 7.49. The molecule has 0 spiro atoms. The van der Waals surface area contributed by atoms with Crippen LogP contribution in [0.4, 0.5) is 17.1 Å². The van der Waals surface area contributed by atoms with Gasteiger partial charge in [0.05, 0.1) is 5.69 Å². The van der Waals surface area contributed by atoms with Crippen molar-refractivity contribution in [3.8, 4) is 33.4 Å². The minimum Gasteiger partial charge on any atom is -0.456 e. The van der Waals surface area contributed by atoms with Crippen molar-refractivity contribution < 1.29 is 4.42 Å². The molecule has 12 aromatic carbocycles. The van der Waals surface area contributed by atoms with Crippen molar-refractivity contribution in [2.75, 3.05) is 4.90 Å². The van der Waals surface area contributed by atoms with E-state index in [-0.39, 0.29) is 5.41 Å². The van der Waals surface area contributed by atoms with E-state index in [1.165, 1.54) is 115 Å². The molecule has 0 radical (unpaired) electrons. The molecule has 0 unspecified atom stereocenters. The van der Waals surface area contributed by atoms with Crippen LogP contribution in [-0.2, 0) is 5.41 Å². The van der Waals surface area contributed by atoms with Crippen LogP contribution in [0.3, 0.4) is 0 Å². The first-order chi connectivity index (χ1) is 32.0. The van der Waals surface area contributed by atoms with Crippen molar-refractivity contribution in [2.45, 2.75) is 19.3 Å². The van der Waals surface area contributed by atoms with E-state index in [4.69, 9.17) is 4.42 Å². The highest BCUT2D eigenvalue weighted by atomic mass is 16.3. The summed E-state index contributed by atoms with van der Waals surface area (Å²) in [5, 5.41) is 14.9. The van der Waals surface area contributed by atoms with Crippen molar-refractivity contribution >= 4 is 92.9 Å². The van der Waals surface area contributed by atoms with Crippen molar-refractivity contribution in [2.24, 2.45) is 0 Å². The quantitative estimate of drug-likeness (QED) is 0.161. The number of furan rings is 1. The standard InChI is InChI=1S/C63H41NO/c1-63(2)55-20-9-8-17-51(55)60-56(63)21-12-22-57(60)64(42-29-25-39(26-30-42)38-13-4-3-5-14-38)43-31-34-47-45-16-7-6-15-44(45)46-32-27-41(36-53(46)54(47)37-43)40-28-33-48-49-18-10-23-58-61(49)62-50(52(48)35-40)19-11-24-59(62)65-58/h3-37H,1-2H3. The van der Waals surface area contributed by atoms with Gasteiger partial charge in [-0.2, -0.15) is 0 Å². The van der Waals surface area contributed by atoms with Gasteiger partial charge in [0, 0.05) is 33.1 Å². The molecule has 304 valence electrons. The molecule has 0 aliphatic heterocycles. The Morgan fingerprint density at radius 3 is 1.52 bits per heavy atom. The lowest BCUT2D eigenvalue weighted by atomic mass is 9.82. The fraction of sp³-hybridized carbons (Fsp3) is 0.0476. The maximum absolute atomic E-state index is 6.37. The van der Waals surface area contributed by atoms with E-state index in [1.807, 2.05) is 0 Å². The number of hydrogen-bond acceptors (Lipinski definition) is 2. The monoisotopic (exact) mass is 827 g/mol. The molecule has 1 heterocycles. The Bertz CT molecular complexity index is 4080. The van der Waals surface area contributed by atoms with E-state index in [0.717, 1.165) is 22.5 Å². The van der Waals surface area contributed by atoms with Crippen LogP contribution in [0.5, 0.6) is 0 Å². The lowest BCUT2D eigenvalue weighted by molar-refractivity contribution is 0.660. The van der Waals surface area contributed by atoms with Gasteiger partial charge in [0.15, 0.2) is 0 Å². The molecule has 13 aromatic rings. The number of benzene rings is 12. The zero-order valence-electron chi connectivity index (χ0n) is 36.1. The molecule has 2 heteroatoms. The summed E-state index contributed by atoms with van der Waals surface area (Å²) in [5.41, 5.74) is 15.3. The maximum Gasteiger partial charge on any atom is 0.136 e. The topological polar surface area (TPSA) is 16.4 Å². The first-order valence-corrected chi connectivity index (χ1v) is 22.7. The van der Waals surface area contributed by atoms with E-state index >= 15 is 0 Å². The van der Waals surface area contributed by atoms with Gasteiger partial charge in [0.1, 0.15) is 11.2 Å². The molecule has 2 nitrogen and oxygen atoms in total. The zero-order valence-corrected chi connectivity index (χ0v) is 36.1. The zero-order chi connectivity index (χ0) is 43.0. The molecular formula is C63H41NO. The Labute approximate surface area is 376 Å². The third kappa shape index (κ3) is 5.17. The van der Waals surface area contributed by atoms with Crippen LogP contribution in [0.25, 0.3) is 109 Å². The molecule has 14 rings (SSSR count). The Morgan fingerprint density at radius 2 is 0.815 bits per heavy atom. The molecule has 0 atom stereocenters. The summed E-state index contributed by atoms with van der Waals surface area (Å²) in [6.45, 7) is 4.73. The summed E-state index contributed by atoms with van der Waals surface area (Å²) in [5.74, 6) is 0. The number of hydrogen-bond donors (Lipinski definition) is 0. The van der Waals surface area contributed by atoms with Crippen molar-refractivity contribution in [1.29, 1.82) is 0 Å². The van der Waals surface area contributed by atoms with Crippen molar-refractivity contribution in [1.82, 2.24) is 0 Å². The van der Waals surface area contributed by atoms with Gasteiger partial charge in [-0.25, -0.2) is 0 Å². The molecule has 0 amide bonds. The number of fused-ring (bicyclic) bond motifs is 12. The van der Waals surface area contributed by atoms with E-state index in [2.05, 4.69) is 231 Å². The lowest BCUT2D eigenvalue weighted by Crippen LogP contribution is -2.16. The predicted molar refractivity (Wildman–Crippen MR) is 276 cm³/mol. The van der Waals surface area contributed by atoms with Gasteiger partial charge >= 0.3 is 0 Å². The number of rotatable bonds is 5. The molecule has 65 heavy (non-hydrogen) atoms. The predicted octanol–water partition coefficient (Wildman–Crippen LogP) is 17.9. The molecule has 0 bridgehead atoms. The van der Waals surface area contributed by atoms with Gasteiger partial charge in [0.2, 0.25) is 0 Å². The Hall–Kier alpha value is -8.20. The SMILES string of the molecule is CC1(C)c2ccccc2-c2c(N(c3ccc(-c4ccccc4)cc3)c3ccc4c5ccccc5c5ccc(-c6ccc7c(c6)c6cccc8oc9cccc7c9c86)cc5c4c3)cccc21. The molecule has 1 aliphatic rings. The summed E-state index contributed by atoms with van der Waals surface area (Å²) < 4.78 is 6.37. The van der Waals surface area contributed by atoms with Gasteiger partial charge < -0.3 is 9.32 Å². The smallest absolute Gasteiger partial charge is 0.136 e. The van der Waals surface area contributed by atoms with Gasteiger partial charge in [-0.05, 0) is 147 Å². The third-order valence-electron chi connectivity index (χ3n) is 14.6. The van der Waals surface area contributed by atoms with Crippen LogP contribution in [0, 0.1) is 0 Å². The van der Waals surface area contributed by atoms with Crippen LogP contribution in [-0.4, -0.2) is 0 Å². The van der Waals surface area contributed by atoms with Crippen LogP contribution >= 0.6 is 0 Å². The second kappa shape index (κ2) is 13.4. The first kappa shape index (κ1) is 36.3. The number of anilines is 3. The van der Waals surface area contributed by atoms with Crippen LogP contribution in [0.1, 0.15) is 25.0 Å². The van der Waals surface area contributed by atoms with E-state index < -0.39 is 0 Å². The molecule has 0 saturated heterocycles. The largest absolute Gasteiger partial charge is 0.456 e. The minimum atomic E-state index is -0.128. The maximum atomic E-state index is 6.37. The molecule has 1 aliphatic carbocycles. The second-order valence-electron chi connectivity index (χ2n) is 18.4. The summed E-state index contributed by atoms with van der Waals surface area (Å²) in [7, 11) is 0. The summed E-state index contributed by atoms with van der Waals surface area (Å²) in [6.07, 6.45) is 0. The van der Waals surface area contributed by atoms with Gasteiger partial charge in [-0.1, -0.05) is 172 Å². The average molecular weight is 828 g/mol. The van der Waals surface area contributed by atoms with Gasteiger partial charge in [0.25, 0.3) is 0 Å². The Balaban J connectivity index is 1.01. The lowest BCUT2D eigenvalue weighted by Gasteiger charge is -2.29. The Morgan fingerprint density at radius 1 is 0.338 bits per heavy atom. The molecule has 0 fully saturated rings. The molecule has 0 N–H and O–H groups in total. The first-order valence-electron chi connectivity index (χ1n) is 22.7. The fourth-order valence-electron chi connectivity index (χ4n) is 11.5. The van der Waals surface area contributed by atoms with Crippen molar-refractivity contribution in [3.05, 3.63) is 223 Å². The minimum absolute atomic E-state index is 0.128. The highest BCUT2D eigenvalue weighted by molar-refractivity contribution is 6.33. The van der Waals surface area contributed by atoms with Gasteiger partial charge in [-0.3, -0.25) is 0 Å². The molecule has 0 saturated carbocycles. The second-order valence-corrected chi connectivity index (χ2v) is 18.4. The van der Waals surface area contributed by atoms with Crippen LogP contribution < -0.4 is 4.90 Å². The normalized spacial score (nSPS) is 13.2. The summed E-state index contributed by atoms with van der Waals surface area (Å²) >= 11 is 0. The highest BCUT2D eigenvalue weighted by Crippen LogP contribution is 2.55. The van der Waals surface area contributed by atoms with Crippen LogP contribution in [0.2, 0.25) is 0 Å². The average Bonchev–Trinajstić information content (AvgIpc) is 3.87. The highest BCUT2D eigenvalue weighted by Gasteiger charge is 2.37. The van der Waals surface area contributed by atoms with E-state index in [1.54, 1.807) is 0 Å².